The fourth-order valence-corrected chi connectivity index (χ4v) is 2.93. The van der Waals surface area contributed by atoms with Crippen LogP contribution in [0.25, 0.3) is 0 Å². The molecule has 5 nitrogen and oxygen atoms in total. The van der Waals surface area contributed by atoms with Crippen LogP contribution >= 0.6 is 0 Å². The molecule has 0 aromatic heterocycles. The summed E-state index contributed by atoms with van der Waals surface area (Å²) in [5.74, 6) is -3.53. The lowest BCUT2D eigenvalue weighted by Crippen LogP contribution is -2.52. The lowest BCUT2D eigenvalue weighted by Gasteiger charge is -2.40. The summed E-state index contributed by atoms with van der Waals surface area (Å²) in [6.07, 6.45) is 14.2. The molecule has 0 aliphatic heterocycles. The van der Waals surface area contributed by atoms with Crippen molar-refractivity contribution in [3.05, 3.63) is 48.6 Å². The van der Waals surface area contributed by atoms with Crippen LogP contribution in [-0.4, -0.2) is 45.8 Å². The van der Waals surface area contributed by atoms with Crippen molar-refractivity contribution >= 4 is 5.78 Å². The third-order valence-electron chi connectivity index (χ3n) is 4.24. The van der Waals surface area contributed by atoms with Crippen molar-refractivity contribution < 1.29 is 23.7 Å². The number of ether oxygens (including phenoxy) is 4. The maximum absolute atomic E-state index is 13.1. The molecule has 0 radical (unpaired) electrons. The topological polar surface area (TPSA) is 54.0 Å². The Balaban J connectivity index is 2.37. The minimum Gasteiger partial charge on any atom is -0.349 e. The maximum Gasteiger partial charge on any atom is 0.201 e. The van der Waals surface area contributed by atoms with E-state index in [2.05, 4.69) is 0 Å². The number of hydrogen-bond acceptors (Lipinski definition) is 5. The van der Waals surface area contributed by atoms with Crippen LogP contribution in [0.1, 0.15) is 0 Å². The smallest absolute Gasteiger partial charge is 0.201 e. The molecule has 0 aromatic carbocycles. The number of methoxy groups -OCH3 is 4. The Hall–Kier alpha value is -1.53. The fraction of sp³-hybridized carbons (Fsp3) is 0.471. The van der Waals surface area contributed by atoms with Crippen LogP contribution in [0.15, 0.2) is 48.6 Å². The van der Waals surface area contributed by atoms with Crippen LogP contribution in [0, 0.1) is 11.8 Å². The molecule has 2 aliphatic carbocycles. The zero-order chi connectivity index (χ0) is 16.2. The van der Waals surface area contributed by atoms with Gasteiger partial charge < -0.3 is 18.9 Å². The number of ketones is 1. The Kier molecular flexibility index (Phi) is 5.13. The van der Waals surface area contributed by atoms with Crippen LogP contribution in [-0.2, 0) is 23.7 Å². The first kappa shape index (κ1) is 16.8. The molecule has 2 aliphatic rings. The van der Waals surface area contributed by atoms with E-state index in [1.54, 1.807) is 36.5 Å². The van der Waals surface area contributed by atoms with E-state index in [-0.39, 0.29) is 5.78 Å². The van der Waals surface area contributed by atoms with Gasteiger partial charge in [-0.3, -0.25) is 4.79 Å². The molecule has 0 spiro atoms. The zero-order valence-corrected chi connectivity index (χ0v) is 13.3. The number of carbonyl (C=O) groups excluding carboxylic acids is 1. The molecule has 2 unspecified atom stereocenters. The summed E-state index contributed by atoms with van der Waals surface area (Å²) in [5, 5.41) is 0. The minimum atomic E-state index is -1.12. The third-order valence-corrected chi connectivity index (χ3v) is 4.24. The second-order valence-corrected chi connectivity index (χ2v) is 5.11. The molecular weight excluding hydrogens is 284 g/mol. The van der Waals surface area contributed by atoms with Crippen LogP contribution < -0.4 is 0 Å². The number of carbonyl (C=O) groups is 1. The lowest BCUT2D eigenvalue weighted by molar-refractivity contribution is -0.215. The van der Waals surface area contributed by atoms with Gasteiger partial charge in [-0.05, 0) is 12.2 Å². The second-order valence-electron chi connectivity index (χ2n) is 5.11. The Morgan fingerprint density at radius 2 is 1.09 bits per heavy atom. The Morgan fingerprint density at radius 3 is 1.41 bits per heavy atom. The summed E-state index contributed by atoms with van der Waals surface area (Å²) in [6.45, 7) is 0. The van der Waals surface area contributed by atoms with Gasteiger partial charge in [0.05, 0.1) is 11.8 Å². The fourth-order valence-electron chi connectivity index (χ4n) is 2.93. The van der Waals surface area contributed by atoms with E-state index in [1.165, 1.54) is 28.4 Å². The van der Waals surface area contributed by atoms with Gasteiger partial charge >= 0.3 is 0 Å². The van der Waals surface area contributed by atoms with E-state index >= 15 is 0 Å². The molecular formula is C17H22O5. The number of hydrogen-bond donors (Lipinski definition) is 0. The summed E-state index contributed by atoms with van der Waals surface area (Å²) in [6, 6.07) is 0. The zero-order valence-electron chi connectivity index (χ0n) is 13.3. The first-order chi connectivity index (χ1) is 10.6. The van der Waals surface area contributed by atoms with Gasteiger partial charge in [0.2, 0.25) is 11.6 Å². The van der Waals surface area contributed by atoms with Gasteiger partial charge in [0.1, 0.15) is 0 Å². The van der Waals surface area contributed by atoms with Gasteiger partial charge in [-0.25, -0.2) is 0 Å². The first-order valence-electron chi connectivity index (χ1n) is 7.05. The number of allylic oxidation sites excluding steroid dienone is 4. The molecule has 0 amide bonds. The molecule has 0 heterocycles. The van der Waals surface area contributed by atoms with E-state index in [0.29, 0.717) is 0 Å². The summed E-state index contributed by atoms with van der Waals surface area (Å²) < 4.78 is 21.9. The molecule has 120 valence electrons. The van der Waals surface area contributed by atoms with Gasteiger partial charge in [0.15, 0.2) is 5.78 Å². The van der Waals surface area contributed by atoms with Crippen molar-refractivity contribution in [2.45, 2.75) is 11.6 Å². The van der Waals surface area contributed by atoms with E-state index < -0.39 is 23.4 Å². The van der Waals surface area contributed by atoms with Crippen LogP contribution in [0.3, 0.4) is 0 Å². The van der Waals surface area contributed by atoms with E-state index in [9.17, 15) is 4.79 Å². The van der Waals surface area contributed by atoms with Crippen molar-refractivity contribution in [1.82, 2.24) is 0 Å². The van der Waals surface area contributed by atoms with Gasteiger partial charge in [0, 0.05) is 28.4 Å². The highest BCUT2D eigenvalue weighted by Gasteiger charge is 2.49. The normalized spacial score (nSPS) is 28.0. The summed E-state index contributed by atoms with van der Waals surface area (Å²) in [5.41, 5.74) is 0. The van der Waals surface area contributed by atoms with Gasteiger partial charge in [-0.1, -0.05) is 36.5 Å². The van der Waals surface area contributed by atoms with E-state index in [4.69, 9.17) is 18.9 Å². The summed E-state index contributed by atoms with van der Waals surface area (Å²) >= 11 is 0. The van der Waals surface area contributed by atoms with E-state index in [1.807, 2.05) is 12.2 Å². The monoisotopic (exact) mass is 306 g/mol. The Labute approximate surface area is 130 Å². The molecule has 5 heteroatoms. The Morgan fingerprint density at radius 1 is 0.727 bits per heavy atom. The second kappa shape index (κ2) is 6.71. The summed E-state index contributed by atoms with van der Waals surface area (Å²) in [7, 11) is 6.07. The predicted molar refractivity (Wildman–Crippen MR) is 82.0 cm³/mol. The number of Topliss-reactive ketones (excluding diaryl/α,β-unsaturated/α-hetero) is 1. The predicted octanol–water partition coefficient (Wildman–Crippen LogP) is 2.02. The maximum atomic E-state index is 13.1. The van der Waals surface area contributed by atoms with Gasteiger partial charge in [0.25, 0.3) is 0 Å². The molecule has 0 bridgehead atoms. The third kappa shape index (κ3) is 2.61. The van der Waals surface area contributed by atoms with E-state index in [0.717, 1.165) is 0 Å². The average molecular weight is 306 g/mol. The van der Waals surface area contributed by atoms with Crippen LogP contribution in [0.5, 0.6) is 0 Å². The lowest BCUT2D eigenvalue weighted by atomic mass is 9.78. The standard InChI is InChI=1S/C17H22O5/c1-19-16(20-2)11-7-5-9-13(16)15(18)14-10-6-8-12-17(14,21-3)22-4/h5-14H,1-4H3. The van der Waals surface area contributed by atoms with Gasteiger partial charge in [-0.15, -0.1) is 0 Å². The SMILES string of the molecule is COC1(OC)C=CC=CC1C(=O)C1C=CC=CC1(OC)OC. The number of rotatable bonds is 6. The molecule has 0 fully saturated rings. The molecule has 0 N–H and O–H groups in total. The molecule has 2 rings (SSSR count). The highest BCUT2D eigenvalue weighted by atomic mass is 16.7. The Bertz CT molecular complexity index is 475. The van der Waals surface area contributed by atoms with Crippen LogP contribution in [0.4, 0.5) is 0 Å². The van der Waals surface area contributed by atoms with Crippen molar-refractivity contribution in [3.63, 3.8) is 0 Å². The minimum absolute atomic E-state index is 0.103. The molecule has 0 aromatic rings. The quantitative estimate of drug-likeness (QED) is 0.703. The molecule has 22 heavy (non-hydrogen) atoms. The van der Waals surface area contributed by atoms with Gasteiger partial charge in [-0.2, -0.15) is 0 Å². The molecule has 0 saturated heterocycles. The highest BCUT2D eigenvalue weighted by Crippen LogP contribution is 2.37. The summed E-state index contributed by atoms with van der Waals surface area (Å²) in [4.78, 5) is 13.1. The van der Waals surface area contributed by atoms with Crippen molar-refractivity contribution in [2.75, 3.05) is 28.4 Å². The van der Waals surface area contributed by atoms with Crippen molar-refractivity contribution in [1.29, 1.82) is 0 Å². The highest BCUT2D eigenvalue weighted by molar-refractivity contribution is 5.89. The van der Waals surface area contributed by atoms with Crippen LogP contribution in [0.2, 0.25) is 0 Å². The van der Waals surface area contributed by atoms with Crippen molar-refractivity contribution in [2.24, 2.45) is 11.8 Å². The largest absolute Gasteiger partial charge is 0.349 e. The first-order valence-corrected chi connectivity index (χ1v) is 7.05. The molecule has 0 saturated carbocycles. The molecule has 2 atom stereocenters. The van der Waals surface area contributed by atoms with Crippen molar-refractivity contribution in [3.8, 4) is 0 Å². The average Bonchev–Trinajstić information content (AvgIpc) is 2.60.